The quantitative estimate of drug-likeness (QED) is 0.744. The van der Waals surface area contributed by atoms with E-state index >= 15 is 0 Å². The molecule has 25 heavy (non-hydrogen) atoms. The molecule has 0 fully saturated rings. The van der Waals surface area contributed by atoms with Crippen LogP contribution in [0.25, 0.3) is 10.9 Å². The number of aromatic nitrogens is 1. The Morgan fingerprint density at radius 3 is 2.32 bits per heavy atom. The minimum absolute atomic E-state index is 0.00631. The molecule has 3 nitrogen and oxygen atoms in total. The van der Waals surface area contributed by atoms with Gasteiger partial charge >= 0.3 is 0 Å². The largest absolute Gasteiger partial charge is 0.382 e. The smallest absolute Gasteiger partial charge is 0.149 e. The Morgan fingerprint density at radius 1 is 0.960 bits per heavy atom. The molecule has 6 heteroatoms. The van der Waals surface area contributed by atoms with E-state index in [0.29, 0.717) is 12.2 Å². The second-order valence-corrected chi connectivity index (χ2v) is 6.02. The molecule has 3 rings (SSSR count). The van der Waals surface area contributed by atoms with Crippen molar-refractivity contribution in [3.8, 4) is 0 Å². The normalized spacial score (nSPS) is 12.6. The van der Waals surface area contributed by atoms with Crippen molar-refractivity contribution in [1.82, 2.24) is 9.88 Å². The van der Waals surface area contributed by atoms with Crippen LogP contribution in [0.3, 0.4) is 0 Å². The van der Waals surface area contributed by atoms with Crippen molar-refractivity contribution in [2.24, 2.45) is 0 Å². The Morgan fingerprint density at radius 2 is 1.64 bits per heavy atom. The fourth-order valence-electron chi connectivity index (χ4n) is 2.83. The molecule has 0 aliphatic heterocycles. The first-order chi connectivity index (χ1) is 12.0. The lowest BCUT2D eigenvalue weighted by Gasteiger charge is -2.26. The van der Waals surface area contributed by atoms with Gasteiger partial charge in [-0.05, 0) is 50.0 Å². The van der Waals surface area contributed by atoms with Crippen molar-refractivity contribution in [2.45, 2.75) is 6.04 Å². The molecule has 0 saturated carbocycles. The summed E-state index contributed by atoms with van der Waals surface area (Å²) >= 11 is 0. The van der Waals surface area contributed by atoms with Crippen molar-refractivity contribution in [3.05, 3.63) is 71.7 Å². The van der Waals surface area contributed by atoms with E-state index in [9.17, 15) is 13.2 Å². The highest BCUT2D eigenvalue weighted by Gasteiger charge is 2.16. The van der Waals surface area contributed by atoms with Crippen LogP contribution < -0.4 is 5.32 Å². The van der Waals surface area contributed by atoms with Gasteiger partial charge in [-0.3, -0.25) is 4.98 Å². The highest BCUT2D eigenvalue weighted by atomic mass is 19.1. The van der Waals surface area contributed by atoms with E-state index < -0.39 is 11.6 Å². The van der Waals surface area contributed by atoms with Crippen LogP contribution in [0.2, 0.25) is 0 Å². The summed E-state index contributed by atoms with van der Waals surface area (Å²) in [4.78, 5) is 5.90. The maximum Gasteiger partial charge on any atom is 0.149 e. The summed E-state index contributed by atoms with van der Waals surface area (Å²) in [6.07, 6.45) is 1.44. The molecule has 0 aliphatic carbocycles. The average Bonchev–Trinajstić information content (AvgIpc) is 2.59. The van der Waals surface area contributed by atoms with Crippen LogP contribution in [-0.2, 0) is 0 Å². The van der Waals surface area contributed by atoms with Crippen LogP contribution in [0.15, 0.2) is 48.7 Å². The average molecular weight is 345 g/mol. The summed E-state index contributed by atoms with van der Waals surface area (Å²) in [6, 6.07) is 9.94. The Kier molecular flexibility index (Phi) is 4.90. The van der Waals surface area contributed by atoms with Crippen LogP contribution in [0.4, 0.5) is 18.9 Å². The van der Waals surface area contributed by atoms with Gasteiger partial charge in [-0.15, -0.1) is 0 Å². The van der Waals surface area contributed by atoms with Gasteiger partial charge in [0.05, 0.1) is 11.4 Å². The summed E-state index contributed by atoms with van der Waals surface area (Å²) in [5.41, 5.74) is 1.38. The van der Waals surface area contributed by atoms with E-state index in [1.807, 2.05) is 19.0 Å². The third kappa shape index (κ3) is 3.58. The van der Waals surface area contributed by atoms with Gasteiger partial charge in [-0.25, -0.2) is 13.2 Å². The molecule has 2 aromatic carbocycles. The lowest BCUT2D eigenvalue weighted by Crippen LogP contribution is -2.27. The minimum Gasteiger partial charge on any atom is -0.382 e. The number of likely N-dealkylation sites (N-methyl/N-ethyl adjacent to an activating group) is 1. The third-order valence-electron chi connectivity index (χ3n) is 4.16. The number of hydrogen-bond acceptors (Lipinski definition) is 3. The molecule has 0 spiro atoms. The van der Waals surface area contributed by atoms with Crippen LogP contribution in [0, 0.1) is 17.5 Å². The fraction of sp³-hybridized carbons (Fsp3) is 0.211. The van der Waals surface area contributed by atoms with Crippen molar-refractivity contribution >= 4 is 16.6 Å². The molecule has 130 valence electrons. The van der Waals surface area contributed by atoms with Crippen molar-refractivity contribution in [3.63, 3.8) is 0 Å². The predicted molar refractivity (Wildman–Crippen MR) is 93.0 cm³/mol. The van der Waals surface area contributed by atoms with Gasteiger partial charge in [0.2, 0.25) is 0 Å². The number of pyridine rings is 1. The lowest BCUT2D eigenvalue weighted by atomic mass is 10.1. The highest BCUT2D eigenvalue weighted by molar-refractivity contribution is 5.91. The maximum absolute atomic E-state index is 14.2. The monoisotopic (exact) mass is 345 g/mol. The number of nitrogens with one attached hydrogen (secondary N) is 1. The molecule has 1 heterocycles. The molecule has 1 N–H and O–H groups in total. The van der Waals surface area contributed by atoms with Crippen molar-refractivity contribution in [1.29, 1.82) is 0 Å². The van der Waals surface area contributed by atoms with E-state index in [4.69, 9.17) is 0 Å². The van der Waals surface area contributed by atoms with Crippen molar-refractivity contribution < 1.29 is 13.2 Å². The SMILES string of the molecule is CN(C)C(CNc1ccnc2c(F)ccc(F)c12)c1ccc(F)cc1. The van der Waals surface area contributed by atoms with Crippen LogP contribution in [-0.4, -0.2) is 30.5 Å². The predicted octanol–water partition coefficient (Wildman–Crippen LogP) is 4.37. The van der Waals surface area contributed by atoms with Gasteiger partial charge in [-0.1, -0.05) is 12.1 Å². The van der Waals surface area contributed by atoms with Crippen molar-refractivity contribution in [2.75, 3.05) is 26.0 Å². The number of anilines is 1. The standard InChI is InChI=1S/C19H18F3N3/c1-25(2)17(12-3-5-13(20)6-4-12)11-24-16-9-10-23-19-15(22)8-7-14(21)18(16)19/h3-10,17H,11H2,1-2H3,(H,23,24). The minimum atomic E-state index is -0.567. The zero-order valence-electron chi connectivity index (χ0n) is 13.9. The fourth-order valence-corrected chi connectivity index (χ4v) is 2.83. The molecule has 1 aromatic heterocycles. The van der Waals surface area contributed by atoms with E-state index in [0.717, 1.165) is 17.7 Å². The van der Waals surface area contributed by atoms with Gasteiger partial charge in [0.1, 0.15) is 23.0 Å². The topological polar surface area (TPSA) is 28.2 Å². The molecular weight excluding hydrogens is 327 g/mol. The van der Waals surface area contributed by atoms with E-state index in [2.05, 4.69) is 10.3 Å². The lowest BCUT2D eigenvalue weighted by molar-refractivity contribution is 0.311. The molecule has 1 unspecified atom stereocenters. The molecule has 0 bridgehead atoms. The highest BCUT2D eigenvalue weighted by Crippen LogP contribution is 2.28. The first-order valence-corrected chi connectivity index (χ1v) is 7.86. The molecule has 1 atom stereocenters. The van der Waals surface area contributed by atoms with Gasteiger partial charge in [0.25, 0.3) is 0 Å². The van der Waals surface area contributed by atoms with E-state index in [-0.39, 0.29) is 22.8 Å². The molecule has 0 amide bonds. The van der Waals surface area contributed by atoms with Gasteiger partial charge in [0.15, 0.2) is 0 Å². The molecule has 0 radical (unpaired) electrons. The molecule has 0 aliphatic rings. The van der Waals surface area contributed by atoms with Gasteiger partial charge < -0.3 is 10.2 Å². The number of fused-ring (bicyclic) bond motifs is 1. The number of benzene rings is 2. The Hall–Kier alpha value is -2.60. The summed E-state index contributed by atoms with van der Waals surface area (Å²) in [5, 5.41) is 3.29. The summed E-state index contributed by atoms with van der Waals surface area (Å²) in [5.74, 6) is -1.40. The third-order valence-corrected chi connectivity index (χ3v) is 4.16. The van der Waals surface area contributed by atoms with E-state index in [1.165, 1.54) is 18.3 Å². The maximum atomic E-state index is 14.2. The summed E-state index contributed by atoms with van der Waals surface area (Å²) < 4.78 is 41.2. The molecule has 0 saturated heterocycles. The molecule has 3 aromatic rings. The zero-order chi connectivity index (χ0) is 18.0. The van der Waals surface area contributed by atoms with Gasteiger partial charge in [-0.2, -0.15) is 0 Å². The number of hydrogen-bond donors (Lipinski definition) is 1. The first kappa shape index (κ1) is 17.2. The van der Waals surface area contributed by atoms with E-state index in [1.54, 1.807) is 18.2 Å². The number of nitrogens with zero attached hydrogens (tertiary/aromatic N) is 2. The van der Waals surface area contributed by atoms with Gasteiger partial charge in [0, 0.05) is 18.4 Å². The van der Waals surface area contributed by atoms with Crippen LogP contribution in [0.1, 0.15) is 11.6 Å². The van der Waals surface area contributed by atoms with Crippen LogP contribution in [0.5, 0.6) is 0 Å². The van der Waals surface area contributed by atoms with Crippen LogP contribution >= 0.6 is 0 Å². The summed E-state index contributed by atoms with van der Waals surface area (Å²) in [6.45, 7) is 0.438. The number of halogens is 3. The zero-order valence-corrected chi connectivity index (χ0v) is 13.9. The second kappa shape index (κ2) is 7.11. The first-order valence-electron chi connectivity index (χ1n) is 7.86. The summed E-state index contributed by atoms with van der Waals surface area (Å²) in [7, 11) is 3.81. The Bertz CT molecular complexity index is 879. The number of rotatable bonds is 5. The second-order valence-electron chi connectivity index (χ2n) is 6.02. The molecular formula is C19H18F3N3. The Labute approximate surface area is 144 Å². The Balaban J connectivity index is 1.90.